The van der Waals surface area contributed by atoms with Crippen LogP contribution >= 0.6 is 18.2 Å². The van der Waals surface area contributed by atoms with Crippen molar-refractivity contribution in [2.45, 2.75) is 0 Å². The number of hydrogen-bond acceptors (Lipinski definition) is 1. The van der Waals surface area contributed by atoms with Crippen LogP contribution in [0.1, 0.15) is 4.88 Å². The van der Waals surface area contributed by atoms with Crippen molar-refractivity contribution in [3.8, 4) is 0 Å². The van der Waals surface area contributed by atoms with Gasteiger partial charge in [-0.15, -0.1) is 11.3 Å². The van der Waals surface area contributed by atoms with Gasteiger partial charge in [0.2, 0.25) is 0 Å². The molecule has 0 aliphatic heterocycles. The predicted molar refractivity (Wildman–Crippen MR) is 115 cm³/mol. The Labute approximate surface area is 153 Å². The molecule has 4 aromatic rings. The molecule has 0 aliphatic carbocycles. The maximum Gasteiger partial charge on any atom is 0.0280 e. The van der Waals surface area contributed by atoms with Gasteiger partial charge >= 0.3 is 0 Å². The summed E-state index contributed by atoms with van der Waals surface area (Å²) in [7, 11) is 0. The van der Waals surface area contributed by atoms with Crippen LogP contribution in [0.3, 0.4) is 0 Å². The highest BCUT2D eigenvalue weighted by Gasteiger charge is 2.24. The first-order valence-electron chi connectivity index (χ1n) is 8.34. The second-order valence-electron chi connectivity index (χ2n) is 5.87. The molecule has 3 aromatic carbocycles. The van der Waals surface area contributed by atoms with E-state index in [1.54, 1.807) is 11.3 Å². The maximum atomic E-state index is 2.51. The molecule has 1 heterocycles. The predicted octanol–water partition coefficient (Wildman–Crippen LogP) is 4.89. The molecule has 0 saturated carbocycles. The van der Waals surface area contributed by atoms with Crippen LogP contribution in [0, 0.1) is 0 Å². The Hall–Kier alpha value is -2.34. The summed E-state index contributed by atoms with van der Waals surface area (Å²) >= 11 is 1.81. The molecular formula is C23H19PS. The monoisotopic (exact) mass is 358 g/mol. The summed E-state index contributed by atoms with van der Waals surface area (Å²) in [6.45, 7) is -1.86. The van der Waals surface area contributed by atoms with E-state index in [0.717, 1.165) is 0 Å². The van der Waals surface area contributed by atoms with Crippen molar-refractivity contribution in [3.05, 3.63) is 113 Å². The van der Waals surface area contributed by atoms with Gasteiger partial charge in [-0.1, -0.05) is 97.1 Å². The van der Waals surface area contributed by atoms with Crippen molar-refractivity contribution >= 4 is 39.9 Å². The van der Waals surface area contributed by atoms with Crippen LogP contribution in [0.25, 0.3) is 0 Å². The Bertz CT molecular complexity index is 869. The Kier molecular flexibility index (Phi) is 4.70. The lowest BCUT2D eigenvalue weighted by Gasteiger charge is -2.28. The summed E-state index contributed by atoms with van der Waals surface area (Å²) in [6.07, 6.45) is 0. The average molecular weight is 358 g/mol. The minimum absolute atomic E-state index is 1.32. The third-order valence-electron chi connectivity index (χ3n) is 4.35. The quantitative estimate of drug-likeness (QED) is 0.456. The van der Waals surface area contributed by atoms with Gasteiger partial charge in [0, 0.05) is 4.88 Å². The molecule has 0 N–H and O–H groups in total. The Morgan fingerprint density at radius 2 is 0.960 bits per heavy atom. The molecule has 0 aliphatic rings. The maximum absolute atomic E-state index is 2.51. The van der Waals surface area contributed by atoms with Gasteiger partial charge < -0.3 is 0 Å². The van der Waals surface area contributed by atoms with E-state index in [0.29, 0.717) is 0 Å². The van der Waals surface area contributed by atoms with E-state index in [1.807, 2.05) is 0 Å². The summed E-state index contributed by atoms with van der Waals surface area (Å²) in [6, 6.07) is 37.2. The molecule has 0 spiro atoms. The zero-order valence-corrected chi connectivity index (χ0v) is 15.5. The number of benzene rings is 3. The molecule has 0 nitrogen and oxygen atoms in total. The molecule has 4 rings (SSSR count). The van der Waals surface area contributed by atoms with E-state index in [2.05, 4.69) is 114 Å². The molecule has 1 aromatic heterocycles. The first-order chi connectivity index (χ1) is 12.4. The lowest BCUT2D eigenvalue weighted by Crippen LogP contribution is -2.27. The van der Waals surface area contributed by atoms with E-state index in [-0.39, 0.29) is 0 Å². The highest BCUT2D eigenvalue weighted by atomic mass is 32.1. The molecule has 0 unspecified atom stereocenters. The number of thiophene rings is 1. The molecular weight excluding hydrogens is 339 g/mol. The first-order valence-corrected chi connectivity index (χ1v) is 11.1. The van der Waals surface area contributed by atoms with E-state index < -0.39 is 6.89 Å². The number of rotatable bonds is 4. The van der Waals surface area contributed by atoms with Crippen LogP contribution in [0.5, 0.6) is 0 Å². The standard InChI is InChI=1S/C23H19PS/c1-4-11-20(12-5-1)24(19-23-17-10-18-25-23,21-13-6-2-7-14-21)22-15-8-3-9-16-22/h1-19H. The lowest BCUT2D eigenvalue weighted by molar-refractivity contribution is 1.73. The second-order valence-corrected chi connectivity index (χ2v) is 10.1. The Balaban J connectivity index is 2.13. The van der Waals surface area contributed by atoms with Crippen molar-refractivity contribution in [2.24, 2.45) is 0 Å². The van der Waals surface area contributed by atoms with Crippen LogP contribution < -0.4 is 15.9 Å². The fourth-order valence-corrected chi connectivity index (χ4v) is 8.14. The van der Waals surface area contributed by atoms with Gasteiger partial charge in [-0.2, -0.15) is 0 Å². The third kappa shape index (κ3) is 3.14. The van der Waals surface area contributed by atoms with E-state index in [4.69, 9.17) is 0 Å². The van der Waals surface area contributed by atoms with Crippen molar-refractivity contribution in [2.75, 3.05) is 0 Å². The summed E-state index contributed by atoms with van der Waals surface area (Å²) < 4.78 is 0. The van der Waals surface area contributed by atoms with E-state index in [1.165, 1.54) is 20.8 Å². The minimum atomic E-state index is -1.86. The Morgan fingerprint density at radius 3 is 1.32 bits per heavy atom. The molecule has 0 saturated heterocycles. The summed E-state index contributed by atoms with van der Waals surface area (Å²) in [5.41, 5.74) is 0. The smallest absolute Gasteiger partial charge is 0.0280 e. The molecule has 0 radical (unpaired) electrons. The Morgan fingerprint density at radius 1 is 0.520 bits per heavy atom. The van der Waals surface area contributed by atoms with Gasteiger partial charge in [0.1, 0.15) is 0 Å². The van der Waals surface area contributed by atoms with Gasteiger partial charge in [0.25, 0.3) is 0 Å². The highest BCUT2D eigenvalue weighted by molar-refractivity contribution is 7.94. The van der Waals surface area contributed by atoms with Gasteiger partial charge in [-0.25, -0.2) is 0 Å². The largest absolute Gasteiger partial charge is 0.144 e. The van der Waals surface area contributed by atoms with Crippen LogP contribution in [0.4, 0.5) is 0 Å². The van der Waals surface area contributed by atoms with E-state index >= 15 is 0 Å². The normalized spacial score (nSPS) is 11.2. The van der Waals surface area contributed by atoms with Gasteiger partial charge in [0.15, 0.2) is 0 Å². The minimum Gasteiger partial charge on any atom is -0.144 e. The van der Waals surface area contributed by atoms with Gasteiger partial charge in [0.05, 0.1) is 0 Å². The molecule has 0 amide bonds. The molecule has 25 heavy (non-hydrogen) atoms. The summed E-state index contributed by atoms with van der Waals surface area (Å²) in [5, 5.41) is 6.32. The van der Waals surface area contributed by atoms with Crippen LogP contribution in [0.2, 0.25) is 0 Å². The van der Waals surface area contributed by atoms with Crippen molar-refractivity contribution in [1.29, 1.82) is 0 Å². The van der Waals surface area contributed by atoms with E-state index in [9.17, 15) is 0 Å². The van der Waals surface area contributed by atoms with Gasteiger partial charge in [-0.3, -0.25) is 0 Å². The lowest BCUT2D eigenvalue weighted by atomic mass is 10.4. The summed E-state index contributed by atoms with van der Waals surface area (Å²) in [5.74, 6) is 2.51. The molecule has 0 bridgehead atoms. The van der Waals surface area contributed by atoms with Crippen LogP contribution in [-0.2, 0) is 0 Å². The molecule has 0 fully saturated rings. The van der Waals surface area contributed by atoms with Gasteiger partial charge in [-0.05, 0) is 40.0 Å². The zero-order valence-electron chi connectivity index (χ0n) is 13.8. The van der Waals surface area contributed by atoms with Crippen molar-refractivity contribution < 1.29 is 0 Å². The second kappa shape index (κ2) is 7.27. The third-order valence-corrected chi connectivity index (χ3v) is 9.35. The fourth-order valence-electron chi connectivity index (χ4n) is 3.22. The van der Waals surface area contributed by atoms with Crippen molar-refractivity contribution in [3.63, 3.8) is 0 Å². The SMILES string of the molecule is C(c1cccs1)=P(c1ccccc1)(c1ccccc1)c1ccccc1. The zero-order chi connectivity index (χ0) is 17.0. The summed E-state index contributed by atoms with van der Waals surface area (Å²) in [4.78, 5) is 1.32. The molecule has 0 atom stereocenters. The molecule has 2 heteroatoms. The average Bonchev–Trinajstić information content (AvgIpc) is 3.21. The fraction of sp³-hybridized carbons (Fsp3) is 0. The number of hydrogen-bond donors (Lipinski definition) is 0. The van der Waals surface area contributed by atoms with Crippen LogP contribution in [0.15, 0.2) is 109 Å². The first kappa shape index (κ1) is 16.1. The molecule has 122 valence electrons. The topological polar surface area (TPSA) is 0 Å². The van der Waals surface area contributed by atoms with Crippen molar-refractivity contribution in [1.82, 2.24) is 0 Å². The highest BCUT2D eigenvalue weighted by Crippen LogP contribution is 2.44. The van der Waals surface area contributed by atoms with Crippen LogP contribution in [-0.4, -0.2) is 5.80 Å².